The second-order valence-corrected chi connectivity index (χ2v) is 6.60. The van der Waals surface area contributed by atoms with Crippen molar-refractivity contribution in [2.45, 2.75) is 64.0 Å². The molecule has 2 N–H and O–H groups in total. The molecule has 4 rings (SSSR count). The summed E-state index contributed by atoms with van der Waals surface area (Å²) >= 11 is 0. The van der Waals surface area contributed by atoms with Gasteiger partial charge in [0, 0.05) is 13.0 Å². The van der Waals surface area contributed by atoms with Crippen LogP contribution in [0.4, 0.5) is 5.82 Å². The average molecular weight is 330 g/mol. The highest BCUT2D eigenvalue weighted by Gasteiger charge is 2.36. The summed E-state index contributed by atoms with van der Waals surface area (Å²) in [5, 5.41) is 10.1. The number of aromatic amines is 1. The van der Waals surface area contributed by atoms with Crippen LogP contribution >= 0.6 is 0 Å². The topological polar surface area (TPSA) is 97.6 Å². The second kappa shape index (κ2) is 5.92. The fraction of sp³-hybridized carbons (Fsp3) is 0.625. The van der Waals surface area contributed by atoms with E-state index in [4.69, 9.17) is 0 Å². The maximum atomic E-state index is 12.7. The number of H-pyrrole nitrogens is 1. The number of hydrogen-bond acceptors (Lipinski definition) is 4. The van der Waals surface area contributed by atoms with Crippen LogP contribution in [0, 0.1) is 0 Å². The second-order valence-electron chi connectivity index (χ2n) is 6.60. The van der Waals surface area contributed by atoms with Crippen molar-refractivity contribution in [3.05, 3.63) is 28.1 Å². The first-order valence-electron chi connectivity index (χ1n) is 8.71. The highest BCUT2D eigenvalue weighted by Crippen LogP contribution is 2.37. The Kier molecular flexibility index (Phi) is 3.74. The summed E-state index contributed by atoms with van der Waals surface area (Å²) in [6, 6.07) is 0.248. The standard InChI is InChI=1S/C16H22N6O2/c1-2-21-14(17-9-18-21)11-8-12(23)19-15-13(11)16(24)20-22(15)10-6-4-3-5-7-10/h9-11H,2-8H2,1H3,(H,19,23)(H,20,24)/t11-/m1/s1. The van der Waals surface area contributed by atoms with Crippen LogP contribution in [0.15, 0.2) is 11.1 Å². The van der Waals surface area contributed by atoms with Gasteiger partial charge in [-0.1, -0.05) is 19.3 Å². The molecular weight excluding hydrogens is 308 g/mol. The van der Waals surface area contributed by atoms with E-state index in [1.807, 2.05) is 11.6 Å². The molecule has 24 heavy (non-hydrogen) atoms. The van der Waals surface area contributed by atoms with Crippen molar-refractivity contribution in [1.82, 2.24) is 24.5 Å². The predicted octanol–water partition coefficient (Wildman–Crippen LogP) is 1.77. The van der Waals surface area contributed by atoms with Crippen LogP contribution in [0.2, 0.25) is 0 Å². The van der Waals surface area contributed by atoms with Crippen LogP contribution in [0.3, 0.4) is 0 Å². The lowest BCUT2D eigenvalue weighted by Crippen LogP contribution is -2.29. The van der Waals surface area contributed by atoms with E-state index in [1.54, 1.807) is 4.68 Å². The van der Waals surface area contributed by atoms with E-state index >= 15 is 0 Å². The molecule has 2 aromatic rings. The number of carbonyl (C=O) groups is 1. The summed E-state index contributed by atoms with van der Waals surface area (Å²) < 4.78 is 3.64. The number of nitrogens with one attached hydrogen (secondary N) is 2. The number of nitrogens with zero attached hydrogens (tertiary/aromatic N) is 4. The normalized spacial score (nSPS) is 21.5. The zero-order valence-corrected chi connectivity index (χ0v) is 13.8. The average Bonchev–Trinajstić information content (AvgIpc) is 3.19. The lowest BCUT2D eigenvalue weighted by Gasteiger charge is -2.27. The molecule has 8 heteroatoms. The predicted molar refractivity (Wildman–Crippen MR) is 88.0 cm³/mol. The lowest BCUT2D eigenvalue weighted by molar-refractivity contribution is -0.116. The maximum Gasteiger partial charge on any atom is 0.270 e. The quantitative estimate of drug-likeness (QED) is 0.896. The molecule has 1 saturated carbocycles. The van der Waals surface area contributed by atoms with Crippen LogP contribution in [-0.2, 0) is 11.3 Å². The summed E-state index contributed by atoms with van der Waals surface area (Å²) in [4.78, 5) is 29.2. The number of carbonyl (C=O) groups excluding carboxylic acids is 1. The number of fused-ring (bicyclic) bond motifs is 1. The van der Waals surface area contributed by atoms with Crippen molar-refractivity contribution in [3.8, 4) is 0 Å². The Morgan fingerprint density at radius 1 is 1.25 bits per heavy atom. The molecule has 0 aromatic carbocycles. The molecule has 2 aliphatic rings. The van der Waals surface area contributed by atoms with Gasteiger partial charge in [-0.05, 0) is 19.8 Å². The van der Waals surface area contributed by atoms with Gasteiger partial charge < -0.3 is 5.32 Å². The first-order valence-corrected chi connectivity index (χ1v) is 8.71. The Balaban J connectivity index is 1.81. The zero-order chi connectivity index (χ0) is 16.7. The van der Waals surface area contributed by atoms with Crippen molar-refractivity contribution >= 4 is 11.7 Å². The van der Waals surface area contributed by atoms with Crippen LogP contribution in [0.25, 0.3) is 0 Å². The van der Waals surface area contributed by atoms with Gasteiger partial charge in [-0.25, -0.2) is 9.67 Å². The van der Waals surface area contributed by atoms with E-state index in [2.05, 4.69) is 20.5 Å². The van der Waals surface area contributed by atoms with E-state index in [0.29, 0.717) is 23.8 Å². The number of rotatable bonds is 3. The van der Waals surface area contributed by atoms with E-state index in [1.165, 1.54) is 12.7 Å². The molecule has 1 amide bonds. The molecule has 1 aliphatic heterocycles. The molecule has 0 saturated heterocycles. The molecule has 1 fully saturated rings. The van der Waals surface area contributed by atoms with Gasteiger partial charge in [0.1, 0.15) is 18.0 Å². The van der Waals surface area contributed by atoms with Crippen LogP contribution in [0.5, 0.6) is 0 Å². The third-order valence-electron chi connectivity index (χ3n) is 5.15. The SMILES string of the molecule is CCn1ncnc1[C@@H]1CC(=O)Nc2c1c(=O)[nH]n2C1CCCCC1. The molecule has 1 aliphatic carbocycles. The molecule has 0 bridgehead atoms. The minimum Gasteiger partial charge on any atom is -0.311 e. The van der Waals surface area contributed by atoms with Crippen molar-refractivity contribution in [3.63, 3.8) is 0 Å². The smallest absolute Gasteiger partial charge is 0.270 e. The van der Waals surface area contributed by atoms with Gasteiger partial charge in [0.2, 0.25) is 5.91 Å². The Morgan fingerprint density at radius 2 is 2.04 bits per heavy atom. The van der Waals surface area contributed by atoms with E-state index in [-0.39, 0.29) is 29.8 Å². The third-order valence-corrected chi connectivity index (χ3v) is 5.15. The first-order chi connectivity index (χ1) is 11.7. The Morgan fingerprint density at radius 3 is 2.79 bits per heavy atom. The highest BCUT2D eigenvalue weighted by atomic mass is 16.2. The molecule has 2 aromatic heterocycles. The van der Waals surface area contributed by atoms with Gasteiger partial charge in [-0.2, -0.15) is 5.10 Å². The minimum atomic E-state index is -0.343. The maximum absolute atomic E-state index is 12.7. The largest absolute Gasteiger partial charge is 0.311 e. The van der Waals surface area contributed by atoms with Gasteiger partial charge >= 0.3 is 0 Å². The van der Waals surface area contributed by atoms with E-state index in [0.717, 1.165) is 25.7 Å². The number of aromatic nitrogens is 5. The number of hydrogen-bond donors (Lipinski definition) is 2. The van der Waals surface area contributed by atoms with Crippen molar-refractivity contribution < 1.29 is 4.79 Å². The Bertz CT molecular complexity index is 811. The fourth-order valence-electron chi connectivity index (χ4n) is 4.00. The van der Waals surface area contributed by atoms with Gasteiger partial charge in [-0.15, -0.1) is 0 Å². The molecule has 3 heterocycles. The van der Waals surface area contributed by atoms with Gasteiger partial charge in [0.25, 0.3) is 5.56 Å². The Labute approximate surface area is 139 Å². The number of anilines is 1. The lowest BCUT2D eigenvalue weighted by atomic mass is 9.92. The summed E-state index contributed by atoms with van der Waals surface area (Å²) in [5.41, 5.74) is 0.481. The summed E-state index contributed by atoms with van der Waals surface area (Å²) in [5.74, 6) is 0.880. The van der Waals surface area contributed by atoms with Crippen LogP contribution in [0.1, 0.15) is 68.8 Å². The third kappa shape index (κ3) is 2.37. The monoisotopic (exact) mass is 330 g/mol. The summed E-state index contributed by atoms with van der Waals surface area (Å²) in [6.07, 6.45) is 7.31. The van der Waals surface area contributed by atoms with Gasteiger partial charge in [0.05, 0.1) is 17.5 Å². The highest BCUT2D eigenvalue weighted by molar-refractivity contribution is 5.94. The van der Waals surface area contributed by atoms with Gasteiger partial charge in [-0.3, -0.25) is 19.4 Å². The van der Waals surface area contributed by atoms with Crippen molar-refractivity contribution in [2.24, 2.45) is 0 Å². The van der Waals surface area contributed by atoms with Crippen LogP contribution < -0.4 is 10.9 Å². The van der Waals surface area contributed by atoms with E-state index in [9.17, 15) is 9.59 Å². The van der Waals surface area contributed by atoms with E-state index < -0.39 is 0 Å². The first kappa shape index (κ1) is 15.2. The molecule has 0 radical (unpaired) electrons. The summed E-state index contributed by atoms with van der Waals surface area (Å²) in [7, 11) is 0. The molecular formula is C16H22N6O2. The Hall–Kier alpha value is -2.38. The number of aryl methyl sites for hydroxylation is 1. The molecule has 128 valence electrons. The van der Waals surface area contributed by atoms with Crippen molar-refractivity contribution in [2.75, 3.05) is 5.32 Å². The zero-order valence-electron chi connectivity index (χ0n) is 13.8. The minimum absolute atomic E-state index is 0.0817. The summed E-state index contributed by atoms with van der Waals surface area (Å²) in [6.45, 7) is 2.63. The van der Waals surface area contributed by atoms with Crippen LogP contribution in [-0.4, -0.2) is 30.5 Å². The van der Waals surface area contributed by atoms with Gasteiger partial charge in [0.15, 0.2) is 0 Å². The molecule has 0 spiro atoms. The molecule has 1 atom stereocenters. The molecule has 8 nitrogen and oxygen atoms in total. The van der Waals surface area contributed by atoms with Crippen molar-refractivity contribution in [1.29, 1.82) is 0 Å². The number of amides is 1. The fourth-order valence-corrected chi connectivity index (χ4v) is 4.00. The molecule has 0 unspecified atom stereocenters.